The first-order chi connectivity index (χ1) is 9.70. The third-order valence-electron chi connectivity index (χ3n) is 3.14. The van der Waals surface area contributed by atoms with Crippen molar-refractivity contribution in [2.45, 2.75) is 13.3 Å². The van der Waals surface area contributed by atoms with Crippen LogP contribution in [0.15, 0.2) is 48.5 Å². The van der Waals surface area contributed by atoms with Gasteiger partial charge in [0.25, 0.3) is 0 Å². The SMILES string of the molecule is COCCC(=O)Nc1ccc(C)c(-c2ccccc2)c1. The Morgan fingerprint density at radius 1 is 1.15 bits per heavy atom. The maximum atomic E-state index is 11.7. The lowest BCUT2D eigenvalue weighted by Gasteiger charge is -2.10. The predicted octanol–water partition coefficient (Wildman–Crippen LogP) is 3.64. The molecule has 3 heteroatoms. The lowest BCUT2D eigenvalue weighted by atomic mass is 10.00. The first kappa shape index (κ1) is 14.3. The number of carbonyl (C=O) groups is 1. The highest BCUT2D eigenvalue weighted by Crippen LogP contribution is 2.26. The van der Waals surface area contributed by atoms with Gasteiger partial charge in [0, 0.05) is 12.8 Å². The fraction of sp³-hybridized carbons (Fsp3) is 0.235. The standard InChI is InChI=1S/C17H19NO2/c1-13-8-9-15(18-17(19)10-11-20-2)12-16(13)14-6-4-3-5-7-14/h3-9,12H,10-11H2,1-2H3,(H,18,19). The first-order valence-corrected chi connectivity index (χ1v) is 6.65. The van der Waals surface area contributed by atoms with Crippen molar-refractivity contribution in [2.24, 2.45) is 0 Å². The summed E-state index contributed by atoms with van der Waals surface area (Å²) in [6.07, 6.45) is 0.366. The fourth-order valence-electron chi connectivity index (χ4n) is 2.05. The smallest absolute Gasteiger partial charge is 0.226 e. The molecule has 0 saturated heterocycles. The molecule has 1 N–H and O–H groups in total. The van der Waals surface area contributed by atoms with Gasteiger partial charge in [0.2, 0.25) is 5.91 Å². The zero-order chi connectivity index (χ0) is 14.4. The van der Waals surface area contributed by atoms with E-state index < -0.39 is 0 Å². The van der Waals surface area contributed by atoms with Gasteiger partial charge in [-0.3, -0.25) is 4.79 Å². The van der Waals surface area contributed by atoms with Crippen LogP contribution in [0.2, 0.25) is 0 Å². The Morgan fingerprint density at radius 3 is 2.60 bits per heavy atom. The van der Waals surface area contributed by atoms with Crippen LogP contribution in [-0.4, -0.2) is 19.6 Å². The minimum Gasteiger partial charge on any atom is -0.384 e. The summed E-state index contributed by atoms with van der Waals surface area (Å²) in [5, 5.41) is 2.90. The molecule has 0 atom stereocenters. The van der Waals surface area contributed by atoms with Crippen LogP contribution < -0.4 is 5.32 Å². The number of anilines is 1. The van der Waals surface area contributed by atoms with Gasteiger partial charge in [-0.05, 0) is 35.7 Å². The maximum Gasteiger partial charge on any atom is 0.226 e. The molecule has 0 unspecified atom stereocenters. The van der Waals surface area contributed by atoms with Crippen LogP contribution in [0, 0.1) is 6.92 Å². The summed E-state index contributed by atoms with van der Waals surface area (Å²) >= 11 is 0. The Balaban J connectivity index is 2.19. The summed E-state index contributed by atoms with van der Waals surface area (Å²) in [5.41, 5.74) is 4.29. The molecular weight excluding hydrogens is 250 g/mol. The van der Waals surface area contributed by atoms with Gasteiger partial charge in [-0.2, -0.15) is 0 Å². The molecule has 1 amide bonds. The molecular formula is C17H19NO2. The number of ether oxygens (including phenoxy) is 1. The van der Waals surface area contributed by atoms with Crippen LogP contribution in [0.1, 0.15) is 12.0 Å². The summed E-state index contributed by atoms with van der Waals surface area (Å²) < 4.78 is 4.90. The van der Waals surface area contributed by atoms with E-state index in [0.29, 0.717) is 13.0 Å². The van der Waals surface area contributed by atoms with Gasteiger partial charge in [0.05, 0.1) is 13.0 Å². The van der Waals surface area contributed by atoms with Crippen LogP contribution in [0.5, 0.6) is 0 Å². The van der Waals surface area contributed by atoms with Gasteiger partial charge in [-0.25, -0.2) is 0 Å². The number of nitrogens with one attached hydrogen (secondary N) is 1. The molecule has 0 spiro atoms. The van der Waals surface area contributed by atoms with Crippen LogP contribution in [0.4, 0.5) is 5.69 Å². The van der Waals surface area contributed by atoms with E-state index in [1.165, 1.54) is 5.56 Å². The minimum atomic E-state index is -0.0327. The molecule has 0 bridgehead atoms. The van der Waals surface area contributed by atoms with Crippen molar-refractivity contribution in [2.75, 3.05) is 19.0 Å². The number of aryl methyl sites for hydroxylation is 1. The summed E-state index contributed by atoms with van der Waals surface area (Å²) in [6, 6.07) is 16.1. The number of benzene rings is 2. The molecule has 0 fully saturated rings. The van der Waals surface area contributed by atoms with E-state index in [9.17, 15) is 4.79 Å². The van der Waals surface area contributed by atoms with Crippen molar-refractivity contribution in [3.63, 3.8) is 0 Å². The van der Waals surface area contributed by atoms with Gasteiger partial charge < -0.3 is 10.1 Å². The summed E-state index contributed by atoms with van der Waals surface area (Å²) in [4.78, 5) is 11.7. The molecule has 0 aliphatic heterocycles. The highest BCUT2D eigenvalue weighted by atomic mass is 16.5. The zero-order valence-electron chi connectivity index (χ0n) is 11.8. The predicted molar refractivity (Wildman–Crippen MR) is 81.7 cm³/mol. The summed E-state index contributed by atoms with van der Waals surface area (Å²) in [5.74, 6) is -0.0327. The van der Waals surface area contributed by atoms with Gasteiger partial charge >= 0.3 is 0 Å². The van der Waals surface area contributed by atoms with Crippen LogP contribution in [-0.2, 0) is 9.53 Å². The molecule has 3 nitrogen and oxygen atoms in total. The Morgan fingerprint density at radius 2 is 1.90 bits per heavy atom. The molecule has 0 saturated carbocycles. The van der Waals surface area contributed by atoms with Crippen molar-refractivity contribution >= 4 is 11.6 Å². The van der Waals surface area contributed by atoms with E-state index in [1.807, 2.05) is 36.4 Å². The van der Waals surface area contributed by atoms with Crippen molar-refractivity contribution in [3.8, 4) is 11.1 Å². The molecule has 2 rings (SSSR count). The fourth-order valence-corrected chi connectivity index (χ4v) is 2.05. The van der Waals surface area contributed by atoms with E-state index in [2.05, 4.69) is 24.4 Å². The van der Waals surface area contributed by atoms with Crippen molar-refractivity contribution < 1.29 is 9.53 Å². The highest BCUT2D eigenvalue weighted by molar-refractivity contribution is 5.91. The molecule has 2 aromatic rings. The zero-order valence-corrected chi connectivity index (χ0v) is 11.8. The number of hydrogen-bond acceptors (Lipinski definition) is 2. The number of carbonyl (C=O) groups excluding carboxylic acids is 1. The molecule has 2 aromatic carbocycles. The van der Waals surface area contributed by atoms with E-state index >= 15 is 0 Å². The number of methoxy groups -OCH3 is 1. The second-order valence-corrected chi connectivity index (χ2v) is 4.69. The third kappa shape index (κ3) is 3.68. The monoisotopic (exact) mass is 269 g/mol. The van der Waals surface area contributed by atoms with E-state index in [0.717, 1.165) is 16.8 Å². The molecule has 0 radical (unpaired) electrons. The van der Waals surface area contributed by atoms with Crippen molar-refractivity contribution in [1.29, 1.82) is 0 Å². The Labute approximate surface area is 119 Å². The quantitative estimate of drug-likeness (QED) is 0.900. The van der Waals surface area contributed by atoms with Crippen LogP contribution in [0.3, 0.4) is 0 Å². The second-order valence-electron chi connectivity index (χ2n) is 4.69. The molecule has 0 aliphatic rings. The lowest BCUT2D eigenvalue weighted by Crippen LogP contribution is -2.13. The number of hydrogen-bond donors (Lipinski definition) is 1. The first-order valence-electron chi connectivity index (χ1n) is 6.65. The van der Waals surface area contributed by atoms with Crippen LogP contribution in [0.25, 0.3) is 11.1 Å². The summed E-state index contributed by atoms with van der Waals surface area (Å²) in [7, 11) is 1.59. The number of rotatable bonds is 5. The molecule has 0 aliphatic carbocycles. The molecule has 0 aromatic heterocycles. The minimum absolute atomic E-state index is 0.0327. The Kier molecular flexibility index (Phi) is 4.91. The topological polar surface area (TPSA) is 38.3 Å². The lowest BCUT2D eigenvalue weighted by molar-refractivity contribution is -0.117. The van der Waals surface area contributed by atoms with E-state index in [1.54, 1.807) is 7.11 Å². The maximum absolute atomic E-state index is 11.7. The molecule has 0 heterocycles. The average Bonchev–Trinajstić information content (AvgIpc) is 2.48. The van der Waals surface area contributed by atoms with Crippen LogP contribution >= 0.6 is 0 Å². The number of amides is 1. The largest absolute Gasteiger partial charge is 0.384 e. The van der Waals surface area contributed by atoms with Gasteiger partial charge in [0.1, 0.15) is 0 Å². The van der Waals surface area contributed by atoms with Crippen molar-refractivity contribution in [1.82, 2.24) is 0 Å². The van der Waals surface area contributed by atoms with E-state index in [4.69, 9.17) is 4.74 Å². The molecule has 104 valence electrons. The third-order valence-corrected chi connectivity index (χ3v) is 3.14. The normalized spacial score (nSPS) is 10.3. The van der Waals surface area contributed by atoms with E-state index in [-0.39, 0.29) is 5.91 Å². The Bertz CT molecular complexity index is 579. The van der Waals surface area contributed by atoms with Gasteiger partial charge in [-0.15, -0.1) is 0 Å². The average molecular weight is 269 g/mol. The Hall–Kier alpha value is -2.13. The van der Waals surface area contributed by atoms with Crippen molar-refractivity contribution in [3.05, 3.63) is 54.1 Å². The summed E-state index contributed by atoms with van der Waals surface area (Å²) in [6.45, 7) is 2.50. The van der Waals surface area contributed by atoms with Gasteiger partial charge in [-0.1, -0.05) is 36.4 Å². The highest BCUT2D eigenvalue weighted by Gasteiger charge is 2.06. The molecule has 20 heavy (non-hydrogen) atoms. The van der Waals surface area contributed by atoms with Gasteiger partial charge in [0.15, 0.2) is 0 Å². The second kappa shape index (κ2) is 6.87.